The maximum absolute atomic E-state index is 8.92. The van der Waals surface area contributed by atoms with Crippen LogP contribution < -0.4 is 15.2 Å². The third-order valence-corrected chi connectivity index (χ3v) is 3.63. The van der Waals surface area contributed by atoms with Crippen molar-refractivity contribution >= 4 is 17.0 Å². The first-order valence-electron chi connectivity index (χ1n) is 5.21. The first-order chi connectivity index (χ1) is 8.69. The molecule has 0 spiro atoms. The highest BCUT2D eigenvalue weighted by atomic mass is 32.1. The molecule has 0 bridgehead atoms. The molecule has 1 aromatic carbocycles. The number of methoxy groups -OCH3 is 2. The lowest BCUT2D eigenvalue weighted by Crippen LogP contribution is -1.89. The van der Waals surface area contributed by atoms with Gasteiger partial charge in [-0.3, -0.25) is 0 Å². The third kappa shape index (κ3) is 2.11. The van der Waals surface area contributed by atoms with Crippen molar-refractivity contribution in [3.05, 3.63) is 29.1 Å². The zero-order valence-electron chi connectivity index (χ0n) is 10.1. The van der Waals surface area contributed by atoms with E-state index in [1.165, 1.54) is 11.3 Å². The summed E-state index contributed by atoms with van der Waals surface area (Å²) in [6, 6.07) is 9.40. The summed E-state index contributed by atoms with van der Waals surface area (Å²) in [7, 11) is 3.20. The Labute approximate surface area is 109 Å². The molecule has 2 rings (SSSR count). The number of nitrogen functional groups attached to an aromatic ring is 1. The van der Waals surface area contributed by atoms with Gasteiger partial charge in [0, 0.05) is 16.5 Å². The van der Waals surface area contributed by atoms with Gasteiger partial charge in [-0.25, -0.2) is 0 Å². The molecule has 0 radical (unpaired) electrons. The molecule has 0 saturated carbocycles. The van der Waals surface area contributed by atoms with Crippen molar-refractivity contribution < 1.29 is 9.47 Å². The van der Waals surface area contributed by atoms with Crippen molar-refractivity contribution in [1.29, 1.82) is 5.26 Å². The number of hydrogen-bond acceptors (Lipinski definition) is 5. The molecular weight excluding hydrogens is 248 g/mol. The highest BCUT2D eigenvalue weighted by Gasteiger charge is 2.12. The van der Waals surface area contributed by atoms with Crippen LogP contribution in [0, 0.1) is 11.3 Å². The maximum Gasteiger partial charge on any atom is 0.131 e. The zero-order chi connectivity index (χ0) is 13.1. The molecule has 0 aliphatic carbocycles. The minimum atomic E-state index is 0.496. The zero-order valence-corrected chi connectivity index (χ0v) is 10.9. The van der Waals surface area contributed by atoms with Gasteiger partial charge in [-0.05, 0) is 18.2 Å². The maximum atomic E-state index is 8.92. The lowest BCUT2D eigenvalue weighted by atomic mass is 10.1. The van der Waals surface area contributed by atoms with Crippen molar-refractivity contribution in [1.82, 2.24) is 0 Å². The Kier molecular flexibility index (Phi) is 3.40. The van der Waals surface area contributed by atoms with Crippen molar-refractivity contribution in [3.63, 3.8) is 0 Å². The van der Waals surface area contributed by atoms with E-state index in [1.807, 2.05) is 12.1 Å². The standard InChI is InChI=1S/C13H12N2O2S/c1-16-8-3-4-9(11(5-8)17-2)12-6-10(15)13(7-14)18-12/h3-6H,15H2,1-2H3. The molecular formula is C13H12N2O2S. The second-order valence-corrected chi connectivity index (χ2v) is 4.63. The normalized spacial score (nSPS) is 9.83. The van der Waals surface area contributed by atoms with Gasteiger partial charge in [0.2, 0.25) is 0 Å². The molecule has 0 unspecified atom stereocenters. The van der Waals surface area contributed by atoms with E-state index < -0.39 is 0 Å². The van der Waals surface area contributed by atoms with Crippen LogP contribution in [0.3, 0.4) is 0 Å². The van der Waals surface area contributed by atoms with Gasteiger partial charge in [-0.1, -0.05) is 0 Å². The molecule has 0 atom stereocenters. The Bertz CT molecular complexity index is 614. The molecule has 0 aliphatic heterocycles. The van der Waals surface area contributed by atoms with Crippen LogP contribution in [-0.2, 0) is 0 Å². The van der Waals surface area contributed by atoms with Gasteiger partial charge in [0.25, 0.3) is 0 Å². The fourth-order valence-corrected chi connectivity index (χ4v) is 2.53. The Morgan fingerprint density at radius 3 is 2.56 bits per heavy atom. The smallest absolute Gasteiger partial charge is 0.131 e. The molecule has 92 valence electrons. The van der Waals surface area contributed by atoms with Gasteiger partial charge in [-0.2, -0.15) is 5.26 Å². The van der Waals surface area contributed by atoms with Crippen LogP contribution in [0.1, 0.15) is 4.88 Å². The molecule has 0 amide bonds. The largest absolute Gasteiger partial charge is 0.497 e. The Morgan fingerprint density at radius 1 is 1.22 bits per heavy atom. The summed E-state index contributed by atoms with van der Waals surface area (Å²) in [5.74, 6) is 1.42. The monoisotopic (exact) mass is 260 g/mol. The molecule has 1 aromatic heterocycles. The number of rotatable bonds is 3. The average Bonchev–Trinajstić information content (AvgIpc) is 2.79. The van der Waals surface area contributed by atoms with Crippen molar-refractivity contribution in [3.8, 4) is 28.0 Å². The van der Waals surface area contributed by atoms with Gasteiger partial charge in [-0.15, -0.1) is 11.3 Å². The minimum Gasteiger partial charge on any atom is -0.497 e. The van der Waals surface area contributed by atoms with Gasteiger partial charge in [0.05, 0.1) is 19.9 Å². The van der Waals surface area contributed by atoms with Crippen LogP contribution in [0.2, 0.25) is 0 Å². The van der Waals surface area contributed by atoms with E-state index in [9.17, 15) is 0 Å². The fraction of sp³-hybridized carbons (Fsp3) is 0.154. The summed E-state index contributed by atoms with van der Waals surface area (Å²) in [6.45, 7) is 0. The molecule has 0 aliphatic rings. The molecule has 2 aromatic rings. The van der Waals surface area contributed by atoms with Crippen LogP contribution in [0.15, 0.2) is 24.3 Å². The third-order valence-electron chi connectivity index (χ3n) is 2.54. The van der Waals surface area contributed by atoms with Crippen molar-refractivity contribution in [2.24, 2.45) is 0 Å². The van der Waals surface area contributed by atoms with E-state index >= 15 is 0 Å². The van der Waals surface area contributed by atoms with Gasteiger partial charge in [0.15, 0.2) is 0 Å². The number of nitrogens with two attached hydrogens (primary N) is 1. The number of ether oxygens (including phenoxy) is 2. The second-order valence-electron chi connectivity index (χ2n) is 3.57. The Morgan fingerprint density at radius 2 is 2.00 bits per heavy atom. The first-order valence-corrected chi connectivity index (χ1v) is 6.03. The molecule has 0 saturated heterocycles. The molecule has 4 nitrogen and oxygen atoms in total. The van der Waals surface area contributed by atoms with E-state index in [0.717, 1.165) is 16.2 Å². The van der Waals surface area contributed by atoms with Crippen LogP contribution in [0.5, 0.6) is 11.5 Å². The first kappa shape index (κ1) is 12.3. The molecule has 0 fully saturated rings. The van der Waals surface area contributed by atoms with Gasteiger partial charge >= 0.3 is 0 Å². The van der Waals surface area contributed by atoms with E-state index in [-0.39, 0.29) is 0 Å². The lowest BCUT2D eigenvalue weighted by Gasteiger charge is -2.08. The average molecular weight is 260 g/mol. The van der Waals surface area contributed by atoms with Crippen molar-refractivity contribution in [2.45, 2.75) is 0 Å². The van der Waals surface area contributed by atoms with E-state index in [0.29, 0.717) is 16.3 Å². The second kappa shape index (κ2) is 4.98. The summed E-state index contributed by atoms with van der Waals surface area (Å²) in [6.07, 6.45) is 0. The topological polar surface area (TPSA) is 68.3 Å². The number of anilines is 1. The van der Waals surface area contributed by atoms with Crippen LogP contribution in [0.25, 0.3) is 10.4 Å². The predicted molar refractivity (Wildman–Crippen MR) is 72.0 cm³/mol. The predicted octanol–water partition coefficient (Wildman–Crippen LogP) is 2.89. The summed E-state index contributed by atoms with van der Waals surface area (Å²) >= 11 is 1.35. The highest BCUT2D eigenvalue weighted by molar-refractivity contribution is 7.16. The number of nitrogens with zero attached hydrogens (tertiary/aromatic N) is 1. The van der Waals surface area contributed by atoms with Crippen LogP contribution in [-0.4, -0.2) is 14.2 Å². The molecule has 5 heteroatoms. The summed E-state index contributed by atoms with van der Waals surface area (Å²) in [5.41, 5.74) is 7.15. The summed E-state index contributed by atoms with van der Waals surface area (Å²) in [4.78, 5) is 1.42. The minimum absolute atomic E-state index is 0.496. The number of hydrogen-bond donors (Lipinski definition) is 1. The number of nitriles is 1. The Balaban J connectivity index is 2.53. The summed E-state index contributed by atoms with van der Waals surface area (Å²) in [5, 5.41) is 8.92. The van der Waals surface area contributed by atoms with Crippen LogP contribution in [0.4, 0.5) is 5.69 Å². The Hall–Kier alpha value is -2.19. The molecule has 18 heavy (non-hydrogen) atoms. The van der Waals surface area contributed by atoms with E-state index in [1.54, 1.807) is 26.4 Å². The van der Waals surface area contributed by atoms with Gasteiger partial charge < -0.3 is 15.2 Å². The number of benzene rings is 1. The van der Waals surface area contributed by atoms with E-state index in [2.05, 4.69) is 6.07 Å². The highest BCUT2D eigenvalue weighted by Crippen LogP contribution is 2.39. The SMILES string of the molecule is COc1ccc(-c2cc(N)c(C#N)s2)c(OC)c1. The molecule has 1 heterocycles. The van der Waals surface area contributed by atoms with Gasteiger partial charge in [0.1, 0.15) is 22.4 Å². The lowest BCUT2D eigenvalue weighted by molar-refractivity contribution is 0.395. The molecule has 2 N–H and O–H groups in total. The van der Waals surface area contributed by atoms with E-state index in [4.69, 9.17) is 20.5 Å². The summed E-state index contributed by atoms with van der Waals surface area (Å²) < 4.78 is 10.5. The quantitative estimate of drug-likeness (QED) is 0.921. The number of thiophene rings is 1. The van der Waals surface area contributed by atoms with Crippen molar-refractivity contribution in [2.75, 3.05) is 20.0 Å². The van der Waals surface area contributed by atoms with Crippen LogP contribution >= 0.6 is 11.3 Å². The fourth-order valence-electron chi connectivity index (χ4n) is 1.63.